The van der Waals surface area contributed by atoms with E-state index >= 15 is 0 Å². The van der Waals surface area contributed by atoms with Crippen LogP contribution in [0.1, 0.15) is 11.3 Å². The Balaban J connectivity index is 2.19. The van der Waals surface area contributed by atoms with Crippen LogP contribution in [0.25, 0.3) is 0 Å². The van der Waals surface area contributed by atoms with Crippen molar-refractivity contribution in [3.8, 4) is 11.6 Å². The van der Waals surface area contributed by atoms with E-state index in [0.717, 1.165) is 4.47 Å². The van der Waals surface area contributed by atoms with Crippen molar-refractivity contribution in [3.05, 3.63) is 52.1 Å². The van der Waals surface area contributed by atoms with Gasteiger partial charge < -0.3 is 20.4 Å². The van der Waals surface area contributed by atoms with Gasteiger partial charge in [-0.15, -0.1) is 0 Å². The van der Waals surface area contributed by atoms with Crippen LogP contribution in [-0.4, -0.2) is 23.1 Å². The van der Waals surface area contributed by atoms with Gasteiger partial charge in [-0.25, -0.2) is 4.98 Å². The van der Waals surface area contributed by atoms with Crippen LogP contribution >= 0.6 is 15.9 Å². The van der Waals surface area contributed by atoms with Crippen molar-refractivity contribution in [3.63, 3.8) is 0 Å². The van der Waals surface area contributed by atoms with Crippen LogP contribution in [0.2, 0.25) is 0 Å². The van der Waals surface area contributed by atoms with Gasteiger partial charge in [0.1, 0.15) is 12.4 Å². The van der Waals surface area contributed by atoms with E-state index in [4.69, 9.17) is 20.4 Å². The van der Waals surface area contributed by atoms with E-state index < -0.39 is 0 Å². The molecule has 110 valence electrons. The Morgan fingerprint density at radius 2 is 2.19 bits per heavy atom. The highest BCUT2D eigenvalue weighted by Gasteiger charge is 2.10. The number of nitrogens with zero attached hydrogens (tertiary/aromatic N) is 2. The van der Waals surface area contributed by atoms with Crippen molar-refractivity contribution in [2.45, 2.75) is 6.61 Å². The molecule has 0 saturated heterocycles. The molecule has 2 rings (SSSR count). The van der Waals surface area contributed by atoms with Crippen molar-refractivity contribution in [1.82, 2.24) is 4.98 Å². The molecule has 0 aliphatic carbocycles. The number of hydrogen-bond donors (Lipinski definition) is 2. The van der Waals surface area contributed by atoms with Gasteiger partial charge in [-0.3, -0.25) is 0 Å². The van der Waals surface area contributed by atoms with Crippen molar-refractivity contribution in [2.24, 2.45) is 10.9 Å². The van der Waals surface area contributed by atoms with E-state index in [-0.39, 0.29) is 12.4 Å². The summed E-state index contributed by atoms with van der Waals surface area (Å²) in [4.78, 5) is 4.25. The summed E-state index contributed by atoms with van der Waals surface area (Å²) in [6.07, 6.45) is 0. The number of benzene rings is 1. The minimum Gasteiger partial charge on any atom is -0.487 e. The van der Waals surface area contributed by atoms with Gasteiger partial charge in [-0.2, -0.15) is 0 Å². The summed E-state index contributed by atoms with van der Waals surface area (Å²) in [5, 5.41) is 11.8. The highest BCUT2D eigenvalue weighted by atomic mass is 79.9. The molecule has 0 fully saturated rings. The molecule has 7 heteroatoms. The SMILES string of the molecule is COc1cccc(COc2ccc(Br)cc2/C(N)=N/O)n1. The summed E-state index contributed by atoms with van der Waals surface area (Å²) < 4.78 is 11.5. The van der Waals surface area contributed by atoms with Gasteiger partial charge in [0, 0.05) is 10.5 Å². The normalized spacial score (nSPS) is 11.2. The second-order valence-corrected chi connectivity index (χ2v) is 5.00. The average Bonchev–Trinajstić information content (AvgIpc) is 2.53. The molecule has 0 aliphatic heterocycles. The van der Waals surface area contributed by atoms with Crippen LogP contribution in [0.15, 0.2) is 46.0 Å². The number of aromatic nitrogens is 1. The number of oxime groups is 1. The van der Waals surface area contributed by atoms with Gasteiger partial charge in [0.15, 0.2) is 5.84 Å². The maximum atomic E-state index is 8.82. The third-order valence-corrected chi connectivity index (χ3v) is 3.18. The Kier molecular flexibility index (Phi) is 4.99. The molecule has 1 aromatic carbocycles. The van der Waals surface area contributed by atoms with Gasteiger partial charge >= 0.3 is 0 Å². The van der Waals surface area contributed by atoms with Crippen molar-refractivity contribution in [1.29, 1.82) is 0 Å². The molecule has 0 saturated carbocycles. The number of pyridine rings is 1. The summed E-state index contributed by atoms with van der Waals surface area (Å²) >= 11 is 3.33. The standard InChI is InChI=1S/C14H14BrN3O3/c1-20-13-4-2-3-10(17-13)8-21-12-6-5-9(15)7-11(12)14(16)18-19/h2-7,19H,8H2,1H3,(H2,16,18). The van der Waals surface area contributed by atoms with E-state index in [9.17, 15) is 0 Å². The van der Waals surface area contributed by atoms with Gasteiger partial charge in [-0.05, 0) is 24.3 Å². The number of rotatable bonds is 5. The van der Waals surface area contributed by atoms with Crippen molar-refractivity contribution >= 4 is 21.8 Å². The third kappa shape index (κ3) is 3.85. The largest absolute Gasteiger partial charge is 0.487 e. The molecule has 0 amide bonds. The van der Waals surface area contributed by atoms with Crippen LogP contribution in [-0.2, 0) is 6.61 Å². The van der Waals surface area contributed by atoms with Gasteiger partial charge in [-0.1, -0.05) is 27.2 Å². The molecular weight excluding hydrogens is 338 g/mol. The maximum absolute atomic E-state index is 8.82. The van der Waals surface area contributed by atoms with Gasteiger partial charge in [0.2, 0.25) is 5.88 Å². The molecule has 21 heavy (non-hydrogen) atoms. The Bertz CT molecular complexity index is 662. The first-order valence-corrected chi connectivity index (χ1v) is 6.83. The topological polar surface area (TPSA) is 90.0 Å². The van der Waals surface area contributed by atoms with Crippen LogP contribution in [0, 0.1) is 0 Å². The van der Waals surface area contributed by atoms with E-state index in [0.29, 0.717) is 22.9 Å². The first kappa shape index (κ1) is 15.1. The maximum Gasteiger partial charge on any atom is 0.213 e. The number of ether oxygens (including phenoxy) is 2. The highest BCUT2D eigenvalue weighted by Crippen LogP contribution is 2.24. The molecule has 0 unspecified atom stereocenters. The number of hydrogen-bond acceptors (Lipinski definition) is 5. The lowest BCUT2D eigenvalue weighted by atomic mass is 10.2. The van der Waals surface area contributed by atoms with E-state index in [2.05, 4.69) is 26.1 Å². The molecule has 6 nitrogen and oxygen atoms in total. The minimum absolute atomic E-state index is 0.0232. The fraction of sp³-hybridized carbons (Fsp3) is 0.143. The smallest absolute Gasteiger partial charge is 0.213 e. The van der Waals surface area contributed by atoms with Crippen LogP contribution < -0.4 is 15.2 Å². The molecule has 0 radical (unpaired) electrons. The quantitative estimate of drug-likeness (QED) is 0.374. The molecular formula is C14H14BrN3O3. The predicted octanol–water partition coefficient (Wildman–Crippen LogP) is 2.53. The lowest BCUT2D eigenvalue weighted by molar-refractivity contribution is 0.296. The van der Waals surface area contributed by atoms with E-state index in [1.807, 2.05) is 18.2 Å². The van der Waals surface area contributed by atoms with Crippen molar-refractivity contribution < 1.29 is 14.7 Å². The second-order valence-electron chi connectivity index (χ2n) is 4.09. The molecule has 0 bridgehead atoms. The minimum atomic E-state index is -0.0232. The van der Waals surface area contributed by atoms with E-state index in [1.165, 1.54) is 0 Å². The molecule has 1 heterocycles. The van der Waals surface area contributed by atoms with Crippen molar-refractivity contribution in [2.75, 3.05) is 7.11 Å². The summed E-state index contributed by atoms with van der Waals surface area (Å²) in [6, 6.07) is 10.7. The molecule has 1 aromatic heterocycles. The summed E-state index contributed by atoms with van der Waals surface area (Å²) in [7, 11) is 1.55. The zero-order valence-corrected chi connectivity index (χ0v) is 12.9. The number of amidine groups is 1. The number of halogens is 1. The number of methoxy groups -OCH3 is 1. The fourth-order valence-corrected chi connectivity index (χ4v) is 2.05. The second kappa shape index (κ2) is 6.94. The molecule has 0 aliphatic rings. The Labute approximate surface area is 130 Å². The average molecular weight is 352 g/mol. The fourth-order valence-electron chi connectivity index (χ4n) is 1.69. The molecule has 0 spiro atoms. The van der Waals surface area contributed by atoms with Gasteiger partial charge in [0.05, 0.1) is 18.4 Å². The lowest BCUT2D eigenvalue weighted by Gasteiger charge is -2.11. The first-order valence-electron chi connectivity index (χ1n) is 6.04. The number of nitrogens with two attached hydrogens (primary N) is 1. The summed E-state index contributed by atoms with van der Waals surface area (Å²) in [5.74, 6) is 0.992. The highest BCUT2D eigenvalue weighted by molar-refractivity contribution is 9.10. The zero-order valence-electron chi connectivity index (χ0n) is 11.3. The monoisotopic (exact) mass is 351 g/mol. The Morgan fingerprint density at radius 3 is 2.90 bits per heavy atom. The molecule has 2 aromatic rings. The summed E-state index contributed by atoms with van der Waals surface area (Å²) in [6.45, 7) is 0.241. The zero-order chi connectivity index (χ0) is 15.2. The Hall–Kier alpha value is -2.28. The first-order chi connectivity index (χ1) is 10.1. The molecule has 3 N–H and O–H groups in total. The predicted molar refractivity (Wildman–Crippen MR) is 81.8 cm³/mol. The molecule has 0 atom stereocenters. The van der Waals surface area contributed by atoms with Crippen LogP contribution in [0.3, 0.4) is 0 Å². The van der Waals surface area contributed by atoms with Crippen LogP contribution in [0.4, 0.5) is 0 Å². The van der Waals surface area contributed by atoms with Crippen LogP contribution in [0.5, 0.6) is 11.6 Å². The van der Waals surface area contributed by atoms with Gasteiger partial charge in [0.25, 0.3) is 0 Å². The Morgan fingerprint density at radius 1 is 1.38 bits per heavy atom. The lowest BCUT2D eigenvalue weighted by Crippen LogP contribution is -2.15. The summed E-state index contributed by atoms with van der Waals surface area (Å²) in [5.41, 5.74) is 6.85. The van der Waals surface area contributed by atoms with E-state index in [1.54, 1.807) is 25.3 Å². The third-order valence-electron chi connectivity index (χ3n) is 2.69.